The van der Waals surface area contributed by atoms with E-state index in [4.69, 9.17) is 5.73 Å². The van der Waals surface area contributed by atoms with Crippen molar-refractivity contribution in [3.63, 3.8) is 0 Å². The summed E-state index contributed by atoms with van der Waals surface area (Å²) in [7, 11) is 0. The van der Waals surface area contributed by atoms with Gasteiger partial charge in [0, 0.05) is 17.2 Å². The molecule has 1 aliphatic rings. The predicted octanol–water partition coefficient (Wildman–Crippen LogP) is 4.13. The highest BCUT2D eigenvalue weighted by atomic mass is 19.4. The average Bonchev–Trinajstić information content (AvgIpc) is 2.37. The zero-order valence-corrected chi connectivity index (χ0v) is 11.3. The summed E-state index contributed by atoms with van der Waals surface area (Å²) in [6.45, 7) is 1.76. The third kappa shape index (κ3) is 3.14. The number of aryl methyl sites for hydroxylation is 1. The number of nitrogen functional groups attached to an aromatic ring is 1. The smallest absolute Gasteiger partial charge is 0.391 e. The van der Waals surface area contributed by atoms with Crippen molar-refractivity contribution in [3.8, 4) is 0 Å². The molecule has 0 radical (unpaired) electrons. The lowest BCUT2D eigenvalue weighted by atomic mass is 9.77. The van der Waals surface area contributed by atoms with Crippen LogP contribution in [-0.4, -0.2) is 12.0 Å². The number of anilines is 1. The van der Waals surface area contributed by atoms with E-state index in [1.807, 2.05) is 0 Å². The van der Waals surface area contributed by atoms with Gasteiger partial charge in [-0.15, -0.1) is 0 Å². The highest BCUT2D eigenvalue weighted by molar-refractivity contribution is 5.99. The molecule has 0 heterocycles. The van der Waals surface area contributed by atoms with E-state index in [-0.39, 0.29) is 18.6 Å². The van der Waals surface area contributed by atoms with Crippen LogP contribution in [0.3, 0.4) is 0 Å². The third-order valence-corrected chi connectivity index (χ3v) is 4.02. The number of carbonyl (C=O) groups is 1. The zero-order chi connectivity index (χ0) is 14.9. The lowest BCUT2D eigenvalue weighted by Gasteiger charge is -2.30. The van der Waals surface area contributed by atoms with Gasteiger partial charge in [0.2, 0.25) is 0 Å². The van der Waals surface area contributed by atoms with Gasteiger partial charge < -0.3 is 5.73 Å². The third-order valence-electron chi connectivity index (χ3n) is 4.02. The fourth-order valence-corrected chi connectivity index (χ4v) is 2.91. The van der Waals surface area contributed by atoms with E-state index >= 15 is 0 Å². The van der Waals surface area contributed by atoms with Crippen LogP contribution in [0, 0.1) is 18.8 Å². The van der Waals surface area contributed by atoms with E-state index in [0.29, 0.717) is 24.1 Å². The first-order valence-corrected chi connectivity index (χ1v) is 6.76. The Morgan fingerprint density at radius 2 is 2.00 bits per heavy atom. The lowest BCUT2D eigenvalue weighted by molar-refractivity contribution is -0.184. The van der Waals surface area contributed by atoms with Gasteiger partial charge in [-0.2, -0.15) is 13.2 Å². The van der Waals surface area contributed by atoms with Crippen LogP contribution >= 0.6 is 0 Å². The first-order chi connectivity index (χ1) is 9.29. The largest absolute Gasteiger partial charge is 0.399 e. The molecule has 1 aromatic carbocycles. The molecule has 5 heteroatoms. The van der Waals surface area contributed by atoms with Gasteiger partial charge in [0.25, 0.3) is 0 Å². The molecule has 1 fully saturated rings. The molecule has 0 amide bonds. The summed E-state index contributed by atoms with van der Waals surface area (Å²) < 4.78 is 38.4. The van der Waals surface area contributed by atoms with Gasteiger partial charge in [0.05, 0.1) is 5.92 Å². The molecule has 0 aromatic heterocycles. The Kier molecular flexibility index (Phi) is 4.06. The first-order valence-electron chi connectivity index (χ1n) is 6.76. The molecule has 0 saturated heterocycles. The SMILES string of the molecule is Cc1cc(N)ccc1C(=O)C1CCCC(C(F)(F)F)C1. The van der Waals surface area contributed by atoms with Crippen molar-refractivity contribution in [2.24, 2.45) is 11.8 Å². The second-order valence-electron chi connectivity index (χ2n) is 5.54. The molecule has 0 bridgehead atoms. The van der Waals surface area contributed by atoms with Crippen molar-refractivity contribution in [2.75, 3.05) is 5.73 Å². The number of hydrogen-bond acceptors (Lipinski definition) is 2. The molecular formula is C15H18F3NO. The van der Waals surface area contributed by atoms with Crippen molar-refractivity contribution in [1.29, 1.82) is 0 Å². The summed E-state index contributed by atoms with van der Waals surface area (Å²) in [6.07, 6.45) is -3.17. The Balaban J connectivity index is 2.16. The summed E-state index contributed by atoms with van der Waals surface area (Å²) in [5.41, 5.74) is 7.40. The van der Waals surface area contributed by atoms with Crippen LogP contribution in [0.15, 0.2) is 18.2 Å². The summed E-state index contributed by atoms with van der Waals surface area (Å²) in [5.74, 6) is -2.06. The number of rotatable bonds is 2. The van der Waals surface area contributed by atoms with Gasteiger partial charge in [-0.1, -0.05) is 6.42 Å². The van der Waals surface area contributed by atoms with Crippen molar-refractivity contribution < 1.29 is 18.0 Å². The van der Waals surface area contributed by atoms with Crippen LogP contribution in [0.4, 0.5) is 18.9 Å². The maximum atomic E-state index is 12.8. The van der Waals surface area contributed by atoms with Crippen molar-refractivity contribution >= 4 is 11.5 Å². The highest BCUT2D eigenvalue weighted by Crippen LogP contribution is 2.41. The summed E-state index contributed by atoms with van der Waals surface area (Å²) >= 11 is 0. The number of hydrogen-bond donors (Lipinski definition) is 1. The molecule has 2 atom stereocenters. The van der Waals surface area contributed by atoms with E-state index in [0.717, 1.165) is 5.56 Å². The molecular weight excluding hydrogens is 267 g/mol. The fraction of sp³-hybridized carbons (Fsp3) is 0.533. The monoisotopic (exact) mass is 285 g/mol. The van der Waals surface area contributed by atoms with E-state index in [1.165, 1.54) is 0 Å². The van der Waals surface area contributed by atoms with Crippen molar-refractivity contribution in [2.45, 2.75) is 38.8 Å². The quantitative estimate of drug-likeness (QED) is 0.656. The van der Waals surface area contributed by atoms with Crippen molar-refractivity contribution in [3.05, 3.63) is 29.3 Å². The molecule has 0 spiro atoms. The molecule has 2 rings (SSSR count). The second kappa shape index (κ2) is 5.46. The second-order valence-corrected chi connectivity index (χ2v) is 5.54. The maximum absolute atomic E-state index is 12.8. The molecule has 2 N–H and O–H groups in total. The van der Waals surface area contributed by atoms with Crippen molar-refractivity contribution in [1.82, 2.24) is 0 Å². The van der Waals surface area contributed by atoms with Crippen LogP contribution in [0.25, 0.3) is 0 Å². The van der Waals surface area contributed by atoms with Gasteiger partial charge >= 0.3 is 6.18 Å². The summed E-state index contributed by atoms with van der Waals surface area (Å²) in [6, 6.07) is 4.91. The van der Waals surface area contributed by atoms with E-state index in [9.17, 15) is 18.0 Å². The van der Waals surface area contributed by atoms with Crippen LogP contribution in [0.1, 0.15) is 41.6 Å². The Hall–Kier alpha value is -1.52. The normalized spacial score (nSPS) is 23.6. The standard InChI is InChI=1S/C15H18F3NO/c1-9-7-12(19)5-6-13(9)14(20)10-3-2-4-11(8-10)15(16,17)18/h5-7,10-11H,2-4,8,19H2,1H3. The molecule has 2 unspecified atom stereocenters. The van der Waals surface area contributed by atoms with E-state index in [1.54, 1.807) is 25.1 Å². The number of carbonyl (C=O) groups excluding carboxylic acids is 1. The number of alkyl halides is 3. The van der Waals surface area contributed by atoms with E-state index in [2.05, 4.69) is 0 Å². The number of benzene rings is 1. The van der Waals surface area contributed by atoms with Crippen LogP contribution in [-0.2, 0) is 0 Å². The zero-order valence-electron chi connectivity index (χ0n) is 11.3. The molecule has 20 heavy (non-hydrogen) atoms. The minimum atomic E-state index is -4.20. The average molecular weight is 285 g/mol. The molecule has 1 aliphatic carbocycles. The number of halogens is 3. The number of nitrogens with two attached hydrogens (primary N) is 1. The molecule has 2 nitrogen and oxygen atoms in total. The molecule has 110 valence electrons. The summed E-state index contributed by atoms with van der Waals surface area (Å²) in [5, 5.41) is 0. The Morgan fingerprint density at radius 3 is 2.60 bits per heavy atom. The van der Waals surface area contributed by atoms with Gasteiger partial charge in [0.15, 0.2) is 5.78 Å². The Morgan fingerprint density at radius 1 is 1.30 bits per heavy atom. The van der Waals surface area contributed by atoms with E-state index < -0.39 is 18.0 Å². The Bertz CT molecular complexity index is 510. The van der Waals surface area contributed by atoms with Crippen LogP contribution in [0.5, 0.6) is 0 Å². The lowest BCUT2D eigenvalue weighted by Crippen LogP contribution is -2.32. The van der Waals surface area contributed by atoms with Gasteiger partial charge in [-0.05, 0) is 49.9 Å². The number of Topliss-reactive ketones (excluding diaryl/α,β-unsaturated/α-hetero) is 1. The number of ketones is 1. The molecule has 0 aliphatic heterocycles. The fourth-order valence-electron chi connectivity index (χ4n) is 2.91. The molecule has 1 aromatic rings. The van der Waals surface area contributed by atoms with Gasteiger partial charge in [0.1, 0.15) is 0 Å². The van der Waals surface area contributed by atoms with Crippen LogP contribution < -0.4 is 5.73 Å². The van der Waals surface area contributed by atoms with Crippen LogP contribution in [0.2, 0.25) is 0 Å². The topological polar surface area (TPSA) is 43.1 Å². The minimum absolute atomic E-state index is 0.0911. The predicted molar refractivity (Wildman–Crippen MR) is 71.4 cm³/mol. The summed E-state index contributed by atoms with van der Waals surface area (Å²) in [4.78, 5) is 12.4. The minimum Gasteiger partial charge on any atom is -0.399 e. The first kappa shape index (κ1) is 14.9. The molecule has 1 saturated carbocycles. The van der Waals surface area contributed by atoms with Gasteiger partial charge in [-0.3, -0.25) is 4.79 Å². The van der Waals surface area contributed by atoms with Gasteiger partial charge in [-0.25, -0.2) is 0 Å². The maximum Gasteiger partial charge on any atom is 0.391 e. The Labute approximate surface area is 116 Å². The highest BCUT2D eigenvalue weighted by Gasteiger charge is 2.43.